The van der Waals surface area contributed by atoms with Crippen molar-refractivity contribution in [3.8, 4) is 11.5 Å². The fraction of sp³-hybridized carbons (Fsp3) is 0.207. The molecule has 1 unspecified atom stereocenters. The largest absolute Gasteiger partial charge is 0.507 e. The zero-order valence-electron chi connectivity index (χ0n) is 21.0. The van der Waals surface area contributed by atoms with Crippen LogP contribution in [-0.2, 0) is 20.9 Å². The monoisotopic (exact) mass is 501 g/mol. The van der Waals surface area contributed by atoms with Gasteiger partial charge in [-0.1, -0.05) is 36.4 Å². The van der Waals surface area contributed by atoms with E-state index in [2.05, 4.69) is 0 Å². The molecule has 3 aromatic carbocycles. The third-order valence-corrected chi connectivity index (χ3v) is 6.41. The molecule has 1 atom stereocenters. The molecule has 37 heavy (non-hydrogen) atoms. The molecule has 1 N–H and O–H groups in total. The van der Waals surface area contributed by atoms with E-state index in [-0.39, 0.29) is 17.9 Å². The number of benzene rings is 3. The molecule has 1 aliphatic rings. The smallest absolute Gasteiger partial charge is 0.337 e. The summed E-state index contributed by atoms with van der Waals surface area (Å²) in [6.07, 6.45) is 0. The van der Waals surface area contributed by atoms with E-state index in [1.54, 1.807) is 42.5 Å². The quantitative estimate of drug-likeness (QED) is 0.221. The molecule has 0 bridgehead atoms. The highest BCUT2D eigenvalue weighted by Gasteiger charge is 2.46. The second-order valence-electron chi connectivity index (χ2n) is 8.54. The van der Waals surface area contributed by atoms with E-state index in [0.717, 1.165) is 11.1 Å². The van der Waals surface area contributed by atoms with Crippen LogP contribution in [0.2, 0.25) is 0 Å². The summed E-state index contributed by atoms with van der Waals surface area (Å²) in [5, 5.41) is 11.4. The number of nitrogens with zero attached hydrogens (tertiary/aromatic N) is 1. The molecular formula is C29H27NO7. The minimum absolute atomic E-state index is 0.0160. The molecule has 8 nitrogen and oxygen atoms in total. The molecular weight excluding hydrogens is 474 g/mol. The Balaban J connectivity index is 1.83. The van der Waals surface area contributed by atoms with Crippen LogP contribution in [0.15, 0.2) is 72.3 Å². The topological polar surface area (TPSA) is 102 Å². The minimum atomic E-state index is -0.824. The van der Waals surface area contributed by atoms with Gasteiger partial charge in [-0.05, 0) is 53.9 Å². The lowest BCUT2D eigenvalue weighted by Gasteiger charge is -2.26. The lowest BCUT2D eigenvalue weighted by molar-refractivity contribution is -0.140. The third kappa shape index (κ3) is 4.78. The fourth-order valence-corrected chi connectivity index (χ4v) is 4.46. The molecule has 1 aliphatic heterocycles. The van der Waals surface area contributed by atoms with Gasteiger partial charge in [-0.15, -0.1) is 0 Å². The van der Waals surface area contributed by atoms with E-state index in [9.17, 15) is 19.5 Å². The predicted molar refractivity (Wildman–Crippen MR) is 136 cm³/mol. The first-order chi connectivity index (χ1) is 17.8. The van der Waals surface area contributed by atoms with Crippen molar-refractivity contribution in [1.29, 1.82) is 0 Å². The fourth-order valence-electron chi connectivity index (χ4n) is 4.46. The number of aliphatic hydroxyl groups excluding tert-OH is 1. The van der Waals surface area contributed by atoms with Gasteiger partial charge in [0.1, 0.15) is 5.76 Å². The van der Waals surface area contributed by atoms with Crippen molar-refractivity contribution in [1.82, 2.24) is 4.90 Å². The van der Waals surface area contributed by atoms with Crippen LogP contribution in [0.3, 0.4) is 0 Å². The number of carbonyl (C=O) groups excluding carboxylic acids is 3. The summed E-state index contributed by atoms with van der Waals surface area (Å²) in [6.45, 7) is 1.98. The molecule has 190 valence electrons. The van der Waals surface area contributed by atoms with E-state index in [4.69, 9.17) is 14.2 Å². The van der Waals surface area contributed by atoms with Crippen molar-refractivity contribution >= 4 is 23.4 Å². The second-order valence-corrected chi connectivity index (χ2v) is 8.54. The molecule has 0 saturated carbocycles. The molecule has 1 fully saturated rings. The van der Waals surface area contributed by atoms with Gasteiger partial charge in [0, 0.05) is 12.1 Å². The van der Waals surface area contributed by atoms with Crippen molar-refractivity contribution in [2.75, 3.05) is 21.3 Å². The molecule has 0 radical (unpaired) electrons. The maximum Gasteiger partial charge on any atom is 0.337 e. The van der Waals surface area contributed by atoms with Crippen LogP contribution in [0.25, 0.3) is 5.76 Å². The number of Topliss-reactive ketones (excluding diaryl/α,β-unsaturated/α-hetero) is 1. The molecule has 0 spiro atoms. The van der Waals surface area contributed by atoms with Crippen LogP contribution >= 0.6 is 0 Å². The average Bonchev–Trinajstić information content (AvgIpc) is 3.17. The van der Waals surface area contributed by atoms with Crippen molar-refractivity contribution in [2.45, 2.75) is 19.5 Å². The Hall–Kier alpha value is -4.59. The SMILES string of the molecule is COC(=O)c1ccc(CN2C(=O)C(=O)/C(=C(/O)c3ccc(OC)c(OC)c3)C2c2ccccc2C)cc1. The summed E-state index contributed by atoms with van der Waals surface area (Å²) in [6, 6.07) is 18.0. The van der Waals surface area contributed by atoms with Crippen LogP contribution in [0, 0.1) is 6.92 Å². The van der Waals surface area contributed by atoms with E-state index in [1.165, 1.54) is 26.2 Å². The first kappa shape index (κ1) is 25.5. The Labute approximate surface area is 214 Å². The predicted octanol–water partition coefficient (Wildman–Crippen LogP) is 4.42. The molecule has 4 rings (SSSR count). The Bertz CT molecular complexity index is 1390. The number of likely N-dealkylation sites (tertiary alicyclic amines) is 1. The normalized spacial score (nSPS) is 16.5. The van der Waals surface area contributed by atoms with Gasteiger partial charge in [0.15, 0.2) is 11.5 Å². The van der Waals surface area contributed by atoms with Gasteiger partial charge in [-0.25, -0.2) is 4.79 Å². The first-order valence-corrected chi connectivity index (χ1v) is 11.5. The van der Waals surface area contributed by atoms with Crippen LogP contribution in [-0.4, -0.2) is 49.0 Å². The Kier molecular flexibility index (Phi) is 7.29. The van der Waals surface area contributed by atoms with Gasteiger partial charge < -0.3 is 24.2 Å². The molecule has 3 aromatic rings. The second kappa shape index (κ2) is 10.6. The van der Waals surface area contributed by atoms with Crippen molar-refractivity contribution < 1.29 is 33.7 Å². The summed E-state index contributed by atoms with van der Waals surface area (Å²) in [5.74, 6) is -1.46. The van der Waals surface area contributed by atoms with Crippen LogP contribution in [0.4, 0.5) is 0 Å². The van der Waals surface area contributed by atoms with Crippen LogP contribution < -0.4 is 9.47 Å². The maximum atomic E-state index is 13.3. The number of hydrogen-bond acceptors (Lipinski definition) is 7. The highest BCUT2D eigenvalue weighted by atomic mass is 16.5. The summed E-state index contributed by atoms with van der Waals surface area (Å²) in [7, 11) is 4.27. The molecule has 8 heteroatoms. The van der Waals surface area contributed by atoms with Gasteiger partial charge in [0.05, 0.1) is 38.5 Å². The van der Waals surface area contributed by atoms with Gasteiger partial charge in [0.2, 0.25) is 0 Å². The molecule has 0 aromatic heterocycles. The number of amides is 1. The van der Waals surface area contributed by atoms with E-state index < -0.39 is 23.7 Å². The Morgan fingerprint density at radius 1 is 0.892 bits per heavy atom. The van der Waals surface area contributed by atoms with Gasteiger partial charge in [-0.2, -0.15) is 0 Å². The van der Waals surface area contributed by atoms with Gasteiger partial charge in [-0.3, -0.25) is 9.59 Å². The molecule has 1 heterocycles. The first-order valence-electron chi connectivity index (χ1n) is 11.5. The summed E-state index contributed by atoms with van der Waals surface area (Å²) < 4.78 is 15.4. The molecule has 1 saturated heterocycles. The standard InChI is InChI=1S/C29H27NO7/c1-17-7-5-6-8-21(17)25-24(26(31)20-13-14-22(35-2)23(15-20)36-3)27(32)28(33)30(25)16-18-9-11-19(12-10-18)29(34)37-4/h5-15,25,31H,16H2,1-4H3/b26-24+. The zero-order chi connectivity index (χ0) is 26.7. The molecule has 0 aliphatic carbocycles. The summed E-state index contributed by atoms with van der Waals surface area (Å²) >= 11 is 0. The number of esters is 1. The van der Waals surface area contributed by atoms with Crippen LogP contribution in [0.1, 0.15) is 38.7 Å². The number of carbonyl (C=O) groups is 3. The number of aryl methyl sites for hydroxylation is 1. The van der Waals surface area contributed by atoms with Crippen molar-refractivity contribution in [3.05, 3.63) is 100 Å². The van der Waals surface area contributed by atoms with Crippen molar-refractivity contribution in [2.24, 2.45) is 0 Å². The average molecular weight is 502 g/mol. The summed E-state index contributed by atoms with van der Waals surface area (Å²) in [5.41, 5.74) is 2.96. The molecule has 1 amide bonds. The number of methoxy groups -OCH3 is 3. The van der Waals surface area contributed by atoms with Crippen LogP contribution in [0.5, 0.6) is 11.5 Å². The highest BCUT2D eigenvalue weighted by Crippen LogP contribution is 2.42. The zero-order valence-corrected chi connectivity index (χ0v) is 21.0. The summed E-state index contributed by atoms with van der Waals surface area (Å²) in [4.78, 5) is 39.9. The highest BCUT2D eigenvalue weighted by molar-refractivity contribution is 6.46. The van der Waals surface area contributed by atoms with E-state index >= 15 is 0 Å². The lowest BCUT2D eigenvalue weighted by Crippen LogP contribution is -2.29. The lowest BCUT2D eigenvalue weighted by atomic mass is 9.92. The number of ether oxygens (including phenoxy) is 3. The third-order valence-electron chi connectivity index (χ3n) is 6.41. The Morgan fingerprint density at radius 3 is 2.16 bits per heavy atom. The number of ketones is 1. The van der Waals surface area contributed by atoms with Crippen molar-refractivity contribution in [3.63, 3.8) is 0 Å². The van der Waals surface area contributed by atoms with Gasteiger partial charge in [0.25, 0.3) is 11.7 Å². The van der Waals surface area contributed by atoms with E-state index in [0.29, 0.717) is 28.2 Å². The van der Waals surface area contributed by atoms with E-state index in [1.807, 2.05) is 31.2 Å². The number of hydrogen-bond donors (Lipinski definition) is 1. The minimum Gasteiger partial charge on any atom is -0.507 e. The number of aliphatic hydroxyl groups is 1. The Morgan fingerprint density at radius 2 is 1.54 bits per heavy atom. The van der Waals surface area contributed by atoms with Gasteiger partial charge >= 0.3 is 5.97 Å². The maximum absolute atomic E-state index is 13.3. The number of rotatable bonds is 7.